The lowest BCUT2D eigenvalue weighted by atomic mass is 10.1. The van der Waals surface area contributed by atoms with Gasteiger partial charge in [0.25, 0.3) is 5.91 Å². The van der Waals surface area contributed by atoms with E-state index in [1.54, 1.807) is 11.0 Å². The fourth-order valence-electron chi connectivity index (χ4n) is 3.39. The number of carbonyl (C=O) groups is 3. The number of hydrogen-bond acceptors (Lipinski definition) is 4. The number of hydrogen-bond donors (Lipinski definition) is 1. The van der Waals surface area contributed by atoms with Gasteiger partial charge in [0.15, 0.2) is 6.61 Å². The monoisotopic (exact) mass is 472 g/mol. The first kappa shape index (κ1) is 22.0. The molecule has 2 aromatic carbocycles. The van der Waals surface area contributed by atoms with E-state index in [4.69, 9.17) is 4.74 Å². The lowest BCUT2D eigenvalue weighted by Gasteiger charge is -2.17. The van der Waals surface area contributed by atoms with E-state index >= 15 is 0 Å². The van der Waals surface area contributed by atoms with Crippen molar-refractivity contribution in [3.8, 4) is 0 Å². The molecule has 7 heteroatoms. The Balaban J connectivity index is 1.54. The first-order valence-corrected chi connectivity index (χ1v) is 10.7. The third-order valence-corrected chi connectivity index (χ3v) is 6.31. The molecule has 1 heterocycles. The third-order valence-electron chi connectivity index (χ3n) is 5.46. The van der Waals surface area contributed by atoms with Crippen LogP contribution in [0.15, 0.2) is 40.9 Å². The van der Waals surface area contributed by atoms with Crippen LogP contribution in [0.5, 0.6) is 0 Å². The fraction of sp³-hybridized carbons (Fsp3) is 0.348. The molecule has 1 fully saturated rings. The molecule has 1 saturated heterocycles. The van der Waals surface area contributed by atoms with Crippen LogP contribution in [-0.4, -0.2) is 30.9 Å². The number of anilines is 2. The number of carbonyl (C=O) groups excluding carboxylic acids is 3. The second kappa shape index (κ2) is 9.43. The van der Waals surface area contributed by atoms with Gasteiger partial charge in [0.2, 0.25) is 5.91 Å². The summed E-state index contributed by atoms with van der Waals surface area (Å²) in [4.78, 5) is 38.6. The summed E-state index contributed by atoms with van der Waals surface area (Å²) in [5, 5.41) is 2.76. The van der Waals surface area contributed by atoms with Crippen LogP contribution in [-0.2, 0) is 25.5 Å². The summed E-state index contributed by atoms with van der Waals surface area (Å²) in [6.45, 7) is 5.80. The summed E-state index contributed by atoms with van der Waals surface area (Å²) in [6, 6.07) is 11.4. The van der Waals surface area contributed by atoms with Crippen molar-refractivity contribution >= 4 is 45.1 Å². The summed E-state index contributed by atoms with van der Waals surface area (Å²) in [5.74, 6) is -1.64. The Hall–Kier alpha value is -2.67. The lowest BCUT2D eigenvalue weighted by Crippen LogP contribution is -2.28. The predicted molar refractivity (Wildman–Crippen MR) is 119 cm³/mol. The average molecular weight is 473 g/mol. The Labute approximate surface area is 184 Å². The molecule has 158 valence electrons. The number of ether oxygens (including phenoxy) is 1. The van der Waals surface area contributed by atoms with Crippen molar-refractivity contribution in [1.82, 2.24) is 0 Å². The van der Waals surface area contributed by atoms with E-state index in [9.17, 15) is 14.4 Å². The minimum Gasteiger partial charge on any atom is -0.455 e. The first-order chi connectivity index (χ1) is 14.3. The average Bonchev–Trinajstić information content (AvgIpc) is 3.14. The van der Waals surface area contributed by atoms with Gasteiger partial charge in [-0.05, 0) is 61.2 Å². The van der Waals surface area contributed by atoms with Gasteiger partial charge in [0.1, 0.15) is 0 Å². The Morgan fingerprint density at radius 1 is 1.13 bits per heavy atom. The van der Waals surface area contributed by atoms with Gasteiger partial charge < -0.3 is 15.0 Å². The number of rotatable bonds is 6. The van der Waals surface area contributed by atoms with Gasteiger partial charge in [-0.15, -0.1) is 0 Å². The lowest BCUT2D eigenvalue weighted by molar-refractivity contribution is -0.151. The number of aryl methyl sites for hydroxylation is 1. The second-order valence-electron chi connectivity index (χ2n) is 7.43. The molecule has 0 aromatic heterocycles. The highest BCUT2D eigenvalue weighted by Gasteiger charge is 2.36. The van der Waals surface area contributed by atoms with Crippen molar-refractivity contribution < 1.29 is 19.1 Å². The SMILES string of the molecule is CCc1ccc(N2C[C@H](C(=O)OCC(=O)Nc3ccc(Br)c(C)c3C)CC2=O)cc1. The van der Waals surface area contributed by atoms with Crippen molar-refractivity contribution in [2.45, 2.75) is 33.6 Å². The smallest absolute Gasteiger partial charge is 0.311 e. The Morgan fingerprint density at radius 2 is 1.83 bits per heavy atom. The highest BCUT2D eigenvalue weighted by atomic mass is 79.9. The quantitative estimate of drug-likeness (QED) is 0.640. The van der Waals surface area contributed by atoms with Crippen molar-refractivity contribution in [3.05, 3.63) is 57.6 Å². The van der Waals surface area contributed by atoms with Gasteiger partial charge in [-0.25, -0.2) is 0 Å². The van der Waals surface area contributed by atoms with Gasteiger partial charge in [0, 0.05) is 28.8 Å². The van der Waals surface area contributed by atoms with Gasteiger partial charge in [-0.1, -0.05) is 35.0 Å². The zero-order chi connectivity index (χ0) is 21.8. The van der Waals surface area contributed by atoms with Crippen molar-refractivity contribution in [2.24, 2.45) is 5.92 Å². The number of esters is 1. The number of amides is 2. The summed E-state index contributed by atoms with van der Waals surface area (Å²) >= 11 is 3.45. The van der Waals surface area contributed by atoms with E-state index in [-0.39, 0.29) is 25.5 Å². The summed E-state index contributed by atoms with van der Waals surface area (Å²) < 4.78 is 6.15. The minimum atomic E-state index is -0.576. The van der Waals surface area contributed by atoms with Crippen LogP contribution in [0.2, 0.25) is 0 Å². The molecule has 1 atom stereocenters. The molecule has 2 amide bonds. The van der Waals surface area contributed by atoms with Crippen LogP contribution >= 0.6 is 15.9 Å². The highest BCUT2D eigenvalue weighted by molar-refractivity contribution is 9.10. The zero-order valence-corrected chi connectivity index (χ0v) is 18.9. The molecule has 1 aliphatic heterocycles. The summed E-state index contributed by atoms with van der Waals surface area (Å²) in [7, 11) is 0. The van der Waals surface area contributed by atoms with Gasteiger partial charge in [-0.2, -0.15) is 0 Å². The zero-order valence-electron chi connectivity index (χ0n) is 17.3. The van der Waals surface area contributed by atoms with E-state index in [0.717, 1.165) is 27.7 Å². The highest BCUT2D eigenvalue weighted by Crippen LogP contribution is 2.27. The van der Waals surface area contributed by atoms with Crippen molar-refractivity contribution in [1.29, 1.82) is 0 Å². The number of halogens is 1. The Morgan fingerprint density at radius 3 is 2.50 bits per heavy atom. The molecule has 3 rings (SSSR count). The maximum absolute atomic E-state index is 12.4. The molecule has 30 heavy (non-hydrogen) atoms. The summed E-state index contributed by atoms with van der Waals surface area (Å²) in [6.07, 6.45) is 1.01. The number of nitrogens with zero attached hydrogens (tertiary/aromatic N) is 1. The Kier molecular flexibility index (Phi) is 6.92. The standard InChI is InChI=1S/C23H25BrN2O4/c1-4-16-5-7-18(8-6-16)26-12-17(11-22(26)28)23(29)30-13-21(27)25-20-10-9-19(24)14(2)15(20)3/h5-10,17H,4,11-13H2,1-3H3,(H,25,27)/t17-/m1/s1. The molecule has 0 saturated carbocycles. The van der Waals surface area contributed by atoms with Crippen LogP contribution in [0, 0.1) is 19.8 Å². The number of nitrogens with one attached hydrogen (secondary N) is 1. The van der Waals surface area contributed by atoms with E-state index in [1.807, 2.05) is 44.2 Å². The minimum absolute atomic E-state index is 0.0843. The molecule has 1 N–H and O–H groups in total. The van der Waals surface area contributed by atoms with Gasteiger partial charge in [-0.3, -0.25) is 14.4 Å². The maximum atomic E-state index is 12.4. The maximum Gasteiger partial charge on any atom is 0.311 e. The normalized spacial score (nSPS) is 15.9. The molecule has 0 aliphatic carbocycles. The molecular formula is C23H25BrN2O4. The van der Waals surface area contributed by atoms with E-state index in [2.05, 4.69) is 28.2 Å². The van der Waals surface area contributed by atoms with Gasteiger partial charge >= 0.3 is 5.97 Å². The van der Waals surface area contributed by atoms with Crippen LogP contribution in [0.3, 0.4) is 0 Å². The molecule has 2 aromatic rings. The largest absolute Gasteiger partial charge is 0.455 e. The topological polar surface area (TPSA) is 75.7 Å². The van der Waals surface area contributed by atoms with E-state index < -0.39 is 17.8 Å². The predicted octanol–water partition coefficient (Wildman–Crippen LogP) is 4.16. The van der Waals surface area contributed by atoms with E-state index in [0.29, 0.717) is 5.69 Å². The summed E-state index contributed by atoms with van der Waals surface area (Å²) in [5.41, 5.74) is 4.60. The Bertz CT molecular complexity index is 972. The number of benzene rings is 2. The van der Waals surface area contributed by atoms with Crippen LogP contribution in [0.4, 0.5) is 11.4 Å². The van der Waals surface area contributed by atoms with Crippen molar-refractivity contribution in [3.63, 3.8) is 0 Å². The molecule has 0 bridgehead atoms. The van der Waals surface area contributed by atoms with Crippen LogP contribution in [0.1, 0.15) is 30.0 Å². The second-order valence-corrected chi connectivity index (χ2v) is 8.28. The van der Waals surface area contributed by atoms with Gasteiger partial charge in [0.05, 0.1) is 5.92 Å². The van der Waals surface area contributed by atoms with Crippen LogP contribution in [0.25, 0.3) is 0 Å². The fourth-order valence-corrected chi connectivity index (χ4v) is 3.82. The third kappa shape index (κ3) is 4.90. The molecule has 0 unspecified atom stereocenters. The molecule has 0 radical (unpaired) electrons. The molecule has 6 nitrogen and oxygen atoms in total. The molecule has 0 spiro atoms. The first-order valence-electron chi connectivity index (χ1n) is 9.91. The van der Waals surface area contributed by atoms with Crippen molar-refractivity contribution in [2.75, 3.05) is 23.4 Å². The molecule has 1 aliphatic rings. The van der Waals surface area contributed by atoms with E-state index in [1.165, 1.54) is 5.56 Å². The molecular weight excluding hydrogens is 448 g/mol. The van der Waals surface area contributed by atoms with Crippen LogP contribution < -0.4 is 10.2 Å².